The van der Waals surface area contributed by atoms with Gasteiger partial charge in [-0.2, -0.15) is 5.26 Å². The van der Waals surface area contributed by atoms with Gasteiger partial charge in [-0.1, -0.05) is 6.07 Å². The third-order valence-corrected chi connectivity index (χ3v) is 4.00. The number of benzene rings is 2. The number of hydrogen-bond acceptors (Lipinski definition) is 2. The van der Waals surface area contributed by atoms with Gasteiger partial charge in [0, 0.05) is 21.1 Å². The molecular weight excluding hydrogens is 394 g/mol. The molecule has 2 nitrogen and oxygen atoms in total. The minimum Gasteiger partial charge on any atom is -0.379 e. The van der Waals surface area contributed by atoms with E-state index in [2.05, 4.69) is 37.2 Å². The number of para-hydroxylation sites is 1. The molecule has 0 saturated heterocycles. The second kappa shape index (κ2) is 6.33. The van der Waals surface area contributed by atoms with E-state index in [1.54, 1.807) is 6.07 Å². The lowest BCUT2D eigenvalue weighted by atomic mass is 10.1. The number of rotatable bonds is 3. The molecule has 20 heavy (non-hydrogen) atoms. The summed E-state index contributed by atoms with van der Waals surface area (Å²) < 4.78 is 29.1. The van der Waals surface area contributed by atoms with Gasteiger partial charge in [-0.15, -0.1) is 0 Å². The summed E-state index contributed by atoms with van der Waals surface area (Å²) in [6, 6.07) is 9.23. The molecule has 2 rings (SSSR count). The molecule has 102 valence electrons. The molecule has 2 aromatic rings. The molecule has 0 spiro atoms. The largest absolute Gasteiger partial charge is 0.379 e. The van der Waals surface area contributed by atoms with Crippen molar-refractivity contribution in [2.24, 2.45) is 0 Å². The molecule has 0 saturated carbocycles. The third-order valence-electron chi connectivity index (χ3n) is 2.67. The van der Waals surface area contributed by atoms with Crippen molar-refractivity contribution >= 4 is 37.5 Å². The van der Waals surface area contributed by atoms with E-state index in [-0.39, 0.29) is 17.7 Å². The van der Waals surface area contributed by atoms with Crippen molar-refractivity contribution in [1.29, 1.82) is 5.26 Å². The van der Waals surface area contributed by atoms with Crippen LogP contribution < -0.4 is 5.32 Å². The lowest BCUT2D eigenvalue weighted by Gasteiger charge is -2.12. The highest BCUT2D eigenvalue weighted by Crippen LogP contribution is 2.31. The maximum atomic E-state index is 13.7. The molecule has 0 radical (unpaired) electrons. The quantitative estimate of drug-likeness (QED) is 0.787. The number of nitrogens with one attached hydrogen (secondary N) is 1. The average Bonchev–Trinajstić information content (AvgIpc) is 2.40. The Balaban J connectivity index is 2.26. The predicted octanol–water partition coefficient (Wildman–Crippen LogP) is 4.97. The lowest BCUT2D eigenvalue weighted by Crippen LogP contribution is -2.06. The molecule has 0 aliphatic carbocycles. The van der Waals surface area contributed by atoms with Crippen LogP contribution in [0, 0.1) is 23.0 Å². The molecule has 0 aliphatic heterocycles. The van der Waals surface area contributed by atoms with Crippen LogP contribution in [0.15, 0.2) is 39.3 Å². The highest BCUT2D eigenvalue weighted by atomic mass is 79.9. The fraction of sp³-hybridized carbons (Fsp3) is 0.0714. The molecule has 0 fully saturated rings. The van der Waals surface area contributed by atoms with Gasteiger partial charge in [-0.05, 0) is 56.1 Å². The zero-order valence-corrected chi connectivity index (χ0v) is 13.2. The third kappa shape index (κ3) is 3.17. The number of hydrogen-bond donors (Lipinski definition) is 1. The predicted molar refractivity (Wildman–Crippen MR) is 80.2 cm³/mol. The smallest absolute Gasteiger partial charge is 0.132 e. The topological polar surface area (TPSA) is 35.8 Å². The summed E-state index contributed by atoms with van der Waals surface area (Å²) in [4.78, 5) is 0. The van der Waals surface area contributed by atoms with E-state index in [0.29, 0.717) is 5.69 Å². The first kappa shape index (κ1) is 14.9. The van der Waals surface area contributed by atoms with Crippen LogP contribution in [0.2, 0.25) is 0 Å². The Labute approximate surface area is 131 Å². The van der Waals surface area contributed by atoms with E-state index in [0.717, 1.165) is 21.1 Å². The van der Waals surface area contributed by atoms with E-state index in [1.165, 1.54) is 0 Å². The van der Waals surface area contributed by atoms with Crippen LogP contribution in [-0.2, 0) is 6.54 Å². The first-order valence-electron chi connectivity index (χ1n) is 5.59. The van der Waals surface area contributed by atoms with Gasteiger partial charge in [-0.3, -0.25) is 0 Å². The second-order valence-electron chi connectivity index (χ2n) is 3.98. The summed E-state index contributed by atoms with van der Waals surface area (Å²) in [5.41, 5.74) is 0.563. The average molecular weight is 402 g/mol. The van der Waals surface area contributed by atoms with Crippen molar-refractivity contribution in [2.75, 3.05) is 5.32 Å². The standard InChI is InChI=1S/C14H8Br2F2N2/c15-10-2-1-3-11(16)14(10)20-7-9-12(17)4-8(6-19)5-13(9)18/h1-5,20H,7H2. The zero-order valence-electron chi connectivity index (χ0n) is 10.1. The Bertz CT molecular complexity index is 653. The lowest BCUT2D eigenvalue weighted by molar-refractivity contribution is 0.559. The molecule has 0 aliphatic rings. The molecule has 0 bridgehead atoms. The van der Waals surface area contributed by atoms with Crippen LogP contribution in [0.4, 0.5) is 14.5 Å². The minimum atomic E-state index is -0.739. The normalized spacial score (nSPS) is 10.2. The van der Waals surface area contributed by atoms with Crippen LogP contribution in [0.3, 0.4) is 0 Å². The van der Waals surface area contributed by atoms with Crippen molar-refractivity contribution in [3.05, 3.63) is 62.0 Å². The van der Waals surface area contributed by atoms with E-state index >= 15 is 0 Å². The maximum Gasteiger partial charge on any atom is 0.132 e. The first-order valence-corrected chi connectivity index (χ1v) is 7.17. The molecule has 2 aromatic carbocycles. The van der Waals surface area contributed by atoms with Crippen LogP contribution >= 0.6 is 31.9 Å². The van der Waals surface area contributed by atoms with Gasteiger partial charge in [0.25, 0.3) is 0 Å². The Morgan fingerprint density at radius 3 is 2.15 bits per heavy atom. The Kier molecular flexibility index (Phi) is 4.73. The molecule has 6 heteroatoms. The Hall–Kier alpha value is -1.45. The highest BCUT2D eigenvalue weighted by molar-refractivity contribution is 9.11. The summed E-state index contributed by atoms with van der Waals surface area (Å²) in [7, 11) is 0. The zero-order chi connectivity index (χ0) is 14.7. The van der Waals surface area contributed by atoms with Gasteiger partial charge in [0.2, 0.25) is 0 Å². The number of nitriles is 1. The summed E-state index contributed by atoms with van der Waals surface area (Å²) >= 11 is 6.71. The van der Waals surface area contributed by atoms with E-state index in [1.807, 2.05) is 18.2 Å². The summed E-state index contributed by atoms with van der Waals surface area (Å²) in [6.45, 7) is -0.0232. The van der Waals surface area contributed by atoms with E-state index < -0.39 is 11.6 Å². The molecule has 0 aromatic heterocycles. The summed E-state index contributed by atoms with van der Waals surface area (Å²) in [6.07, 6.45) is 0. The van der Waals surface area contributed by atoms with Gasteiger partial charge in [0.1, 0.15) is 11.6 Å². The summed E-state index contributed by atoms with van der Waals surface area (Å²) in [5, 5.41) is 11.6. The van der Waals surface area contributed by atoms with E-state index in [9.17, 15) is 8.78 Å². The fourth-order valence-electron chi connectivity index (χ4n) is 1.68. The molecule has 0 unspecified atom stereocenters. The van der Waals surface area contributed by atoms with Crippen molar-refractivity contribution in [3.63, 3.8) is 0 Å². The molecule has 0 atom stereocenters. The van der Waals surface area contributed by atoms with Gasteiger partial charge in [0.15, 0.2) is 0 Å². The maximum absolute atomic E-state index is 13.7. The van der Waals surface area contributed by atoms with Crippen LogP contribution in [0.1, 0.15) is 11.1 Å². The monoisotopic (exact) mass is 400 g/mol. The van der Waals surface area contributed by atoms with Crippen molar-refractivity contribution < 1.29 is 8.78 Å². The summed E-state index contributed by atoms with van der Waals surface area (Å²) in [5.74, 6) is -1.48. The van der Waals surface area contributed by atoms with Gasteiger partial charge in [-0.25, -0.2) is 8.78 Å². The SMILES string of the molecule is N#Cc1cc(F)c(CNc2c(Br)cccc2Br)c(F)c1. The highest BCUT2D eigenvalue weighted by Gasteiger charge is 2.12. The van der Waals surface area contributed by atoms with Crippen LogP contribution in [0.5, 0.6) is 0 Å². The molecule has 0 heterocycles. The molecule has 1 N–H and O–H groups in total. The molecular formula is C14H8Br2F2N2. The van der Waals surface area contributed by atoms with Gasteiger partial charge in [0.05, 0.1) is 17.3 Å². The number of nitrogens with zero attached hydrogens (tertiary/aromatic N) is 1. The minimum absolute atomic E-state index is 0.0232. The van der Waals surface area contributed by atoms with Gasteiger partial charge >= 0.3 is 0 Å². The number of halogens is 4. The Morgan fingerprint density at radius 2 is 1.65 bits per heavy atom. The first-order chi connectivity index (χ1) is 9.52. The Morgan fingerprint density at radius 1 is 1.10 bits per heavy atom. The van der Waals surface area contributed by atoms with Crippen LogP contribution in [-0.4, -0.2) is 0 Å². The van der Waals surface area contributed by atoms with E-state index in [4.69, 9.17) is 5.26 Å². The molecule has 0 amide bonds. The van der Waals surface area contributed by atoms with Crippen molar-refractivity contribution in [1.82, 2.24) is 0 Å². The van der Waals surface area contributed by atoms with Crippen LogP contribution in [0.25, 0.3) is 0 Å². The fourth-order valence-corrected chi connectivity index (χ4v) is 2.96. The number of anilines is 1. The van der Waals surface area contributed by atoms with Crippen molar-refractivity contribution in [3.8, 4) is 6.07 Å². The second-order valence-corrected chi connectivity index (χ2v) is 5.69. The van der Waals surface area contributed by atoms with Crippen molar-refractivity contribution in [2.45, 2.75) is 6.54 Å². The van der Waals surface area contributed by atoms with Gasteiger partial charge < -0.3 is 5.32 Å².